The van der Waals surface area contributed by atoms with Crippen LogP contribution in [0.2, 0.25) is 5.02 Å². The zero-order valence-electron chi connectivity index (χ0n) is 9.23. The maximum Gasteiger partial charge on any atom is 0.0762 e. The fraction of sp³-hybridized carbons (Fsp3) is 0.500. The Hall–Kier alpha value is -0.770. The number of β-amino-alcohol motifs (C(OH)–C–C–N with tert-alkyl or cyclic N) is 1. The van der Waals surface area contributed by atoms with Gasteiger partial charge in [-0.05, 0) is 31.0 Å². The van der Waals surface area contributed by atoms with Crippen LogP contribution in [-0.4, -0.2) is 29.4 Å². The molecule has 1 fully saturated rings. The molecule has 0 aromatic heterocycles. The lowest BCUT2D eigenvalue weighted by Crippen LogP contribution is -2.21. The first-order valence-electron chi connectivity index (χ1n) is 5.48. The van der Waals surface area contributed by atoms with Gasteiger partial charge in [-0.2, -0.15) is 0 Å². The van der Waals surface area contributed by atoms with Crippen LogP contribution in [0, 0.1) is 0 Å². The Kier molecular flexibility index (Phi) is 3.38. The molecule has 4 heteroatoms. The minimum Gasteiger partial charge on any atom is -0.391 e. The van der Waals surface area contributed by atoms with E-state index in [-0.39, 0.29) is 6.10 Å². The Morgan fingerprint density at radius 2 is 2.25 bits per heavy atom. The van der Waals surface area contributed by atoms with E-state index in [2.05, 4.69) is 4.90 Å². The Labute approximate surface area is 100 Å². The van der Waals surface area contributed by atoms with E-state index in [4.69, 9.17) is 11.6 Å². The summed E-state index contributed by atoms with van der Waals surface area (Å²) in [6.45, 7) is 3.17. The molecular weight excluding hydrogens is 226 g/mol. The summed E-state index contributed by atoms with van der Waals surface area (Å²) >= 11 is 6.17. The number of nitrogens with zero attached hydrogens (tertiary/aromatic N) is 1. The Morgan fingerprint density at radius 1 is 1.50 bits per heavy atom. The number of rotatable bonds is 2. The highest BCUT2D eigenvalue weighted by Crippen LogP contribution is 2.31. The van der Waals surface area contributed by atoms with E-state index < -0.39 is 6.10 Å². The molecule has 1 aliphatic rings. The summed E-state index contributed by atoms with van der Waals surface area (Å²) in [6.07, 6.45) is 0.0253. The fourth-order valence-electron chi connectivity index (χ4n) is 2.00. The Balaban J connectivity index is 2.22. The molecule has 88 valence electrons. The molecule has 0 saturated carbocycles. The van der Waals surface area contributed by atoms with Crippen LogP contribution >= 0.6 is 11.6 Å². The summed E-state index contributed by atoms with van der Waals surface area (Å²) in [6, 6.07) is 5.56. The van der Waals surface area contributed by atoms with Crippen molar-refractivity contribution in [2.24, 2.45) is 0 Å². The summed E-state index contributed by atoms with van der Waals surface area (Å²) in [5, 5.41) is 19.5. The molecule has 1 saturated heterocycles. The van der Waals surface area contributed by atoms with Crippen molar-refractivity contribution in [1.29, 1.82) is 0 Å². The smallest absolute Gasteiger partial charge is 0.0762 e. The first-order valence-corrected chi connectivity index (χ1v) is 5.86. The van der Waals surface area contributed by atoms with E-state index in [9.17, 15) is 10.2 Å². The molecule has 16 heavy (non-hydrogen) atoms. The third-order valence-electron chi connectivity index (χ3n) is 2.96. The average molecular weight is 242 g/mol. The van der Waals surface area contributed by atoms with Crippen molar-refractivity contribution in [3.63, 3.8) is 0 Å². The van der Waals surface area contributed by atoms with Crippen LogP contribution in [0.25, 0.3) is 0 Å². The van der Waals surface area contributed by atoms with Gasteiger partial charge in [0.25, 0.3) is 0 Å². The SMILES string of the molecule is CC(O)c1ccc(N2CCC(O)C2)c(Cl)c1. The zero-order valence-corrected chi connectivity index (χ0v) is 9.98. The summed E-state index contributed by atoms with van der Waals surface area (Å²) in [7, 11) is 0. The van der Waals surface area contributed by atoms with Crippen LogP contribution in [0.15, 0.2) is 18.2 Å². The second kappa shape index (κ2) is 4.62. The van der Waals surface area contributed by atoms with Gasteiger partial charge in [-0.15, -0.1) is 0 Å². The maximum absolute atomic E-state index is 9.47. The van der Waals surface area contributed by atoms with Gasteiger partial charge in [0.15, 0.2) is 0 Å². The second-order valence-electron chi connectivity index (χ2n) is 4.28. The molecule has 0 aliphatic carbocycles. The summed E-state index contributed by atoms with van der Waals surface area (Å²) in [5.74, 6) is 0. The minimum absolute atomic E-state index is 0.257. The molecule has 1 aliphatic heterocycles. The lowest BCUT2D eigenvalue weighted by atomic mass is 10.1. The third-order valence-corrected chi connectivity index (χ3v) is 3.26. The zero-order chi connectivity index (χ0) is 11.7. The molecule has 2 N–H and O–H groups in total. The molecule has 0 amide bonds. The maximum atomic E-state index is 9.47. The molecule has 0 bridgehead atoms. The predicted molar refractivity (Wildman–Crippen MR) is 64.9 cm³/mol. The Morgan fingerprint density at radius 3 is 2.75 bits per heavy atom. The van der Waals surface area contributed by atoms with Gasteiger partial charge >= 0.3 is 0 Å². The molecular formula is C12H16ClNO2. The van der Waals surface area contributed by atoms with Gasteiger partial charge in [-0.3, -0.25) is 0 Å². The van der Waals surface area contributed by atoms with E-state index in [1.807, 2.05) is 12.1 Å². The number of aliphatic hydroxyl groups excluding tert-OH is 2. The largest absolute Gasteiger partial charge is 0.391 e. The number of aliphatic hydroxyl groups is 2. The van der Waals surface area contributed by atoms with Crippen molar-refractivity contribution in [1.82, 2.24) is 0 Å². The van der Waals surface area contributed by atoms with Crippen LogP contribution in [0.5, 0.6) is 0 Å². The van der Waals surface area contributed by atoms with Gasteiger partial charge in [0.1, 0.15) is 0 Å². The van der Waals surface area contributed by atoms with Crippen LogP contribution in [0.3, 0.4) is 0 Å². The molecule has 1 heterocycles. The van der Waals surface area contributed by atoms with Gasteiger partial charge < -0.3 is 15.1 Å². The molecule has 3 nitrogen and oxygen atoms in total. The van der Waals surface area contributed by atoms with Crippen molar-refractivity contribution in [2.45, 2.75) is 25.6 Å². The van der Waals surface area contributed by atoms with E-state index in [0.717, 1.165) is 24.2 Å². The predicted octanol–water partition coefficient (Wildman–Crippen LogP) is 1.96. The van der Waals surface area contributed by atoms with Gasteiger partial charge in [0, 0.05) is 13.1 Å². The van der Waals surface area contributed by atoms with Crippen LogP contribution in [0.4, 0.5) is 5.69 Å². The number of hydrogen-bond acceptors (Lipinski definition) is 3. The van der Waals surface area contributed by atoms with Crippen LogP contribution in [0.1, 0.15) is 25.0 Å². The van der Waals surface area contributed by atoms with E-state index >= 15 is 0 Å². The van der Waals surface area contributed by atoms with Gasteiger partial charge in [-0.25, -0.2) is 0 Å². The standard InChI is InChI=1S/C12H16ClNO2/c1-8(15)9-2-3-12(11(13)6-9)14-5-4-10(16)7-14/h2-3,6,8,10,15-16H,4-5,7H2,1H3. The highest BCUT2D eigenvalue weighted by molar-refractivity contribution is 6.33. The van der Waals surface area contributed by atoms with Crippen LogP contribution in [-0.2, 0) is 0 Å². The van der Waals surface area contributed by atoms with Gasteiger partial charge in [0.2, 0.25) is 0 Å². The number of hydrogen-bond donors (Lipinski definition) is 2. The molecule has 1 aromatic rings. The van der Waals surface area contributed by atoms with Crippen LogP contribution < -0.4 is 4.90 Å². The molecule has 0 radical (unpaired) electrons. The Bertz CT molecular complexity index is 381. The molecule has 2 rings (SSSR count). The monoisotopic (exact) mass is 241 g/mol. The topological polar surface area (TPSA) is 43.7 Å². The molecule has 2 atom stereocenters. The van der Waals surface area contributed by atoms with E-state index in [1.165, 1.54) is 0 Å². The van der Waals surface area contributed by atoms with Crippen molar-refractivity contribution >= 4 is 17.3 Å². The number of halogens is 1. The molecule has 0 spiro atoms. The molecule has 1 aromatic carbocycles. The van der Waals surface area contributed by atoms with Crippen molar-refractivity contribution in [3.8, 4) is 0 Å². The van der Waals surface area contributed by atoms with Gasteiger partial charge in [-0.1, -0.05) is 17.7 Å². The number of anilines is 1. The molecule has 2 unspecified atom stereocenters. The first-order chi connectivity index (χ1) is 7.58. The van der Waals surface area contributed by atoms with Crippen molar-refractivity contribution in [2.75, 3.05) is 18.0 Å². The lowest BCUT2D eigenvalue weighted by molar-refractivity contribution is 0.198. The quantitative estimate of drug-likeness (QED) is 0.832. The third kappa shape index (κ3) is 2.32. The summed E-state index contributed by atoms with van der Waals surface area (Å²) < 4.78 is 0. The lowest BCUT2D eigenvalue weighted by Gasteiger charge is -2.20. The minimum atomic E-state index is -0.504. The first kappa shape index (κ1) is 11.7. The highest BCUT2D eigenvalue weighted by Gasteiger charge is 2.22. The normalized spacial score (nSPS) is 22.5. The fourth-order valence-corrected chi connectivity index (χ4v) is 2.31. The van der Waals surface area contributed by atoms with E-state index in [1.54, 1.807) is 13.0 Å². The average Bonchev–Trinajstić information content (AvgIpc) is 2.64. The summed E-state index contributed by atoms with van der Waals surface area (Å²) in [4.78, 5) is 2.07. The summed E-state index contributed by atoms with van der Waals surface area (Å²) in [5.41, 5.74) is 1.75. The van der Waals surface area contributed by atoms with Crippen molar-refractivity contribution in [3.05, 3.63) is 28.8 Å². The van der Waals surface area contributed by atoms with E-state index in [0.29, 0.717) is 11.6 Å². The highest BCUT2D eigenvalue weighted by atomic mass is 35.5. The second-order valence-corrected chi connectivity index (χ2v) is 4.68. The van der Waals surface area contributed by atoms with Crippen molar-refractivity contribution < 1.29 is 10.2 Å². The van der Waals surface area contributed by atoms with Gasteiger partial charge in [0.05, 0.1) is 22.9 Å². The number of benzene rings is 1.